The lowest BCUT2D eigenvalue weighted by atomic mass is 10.1. The van der Waals surface area contributed by atoms with Gasteiger partial charge in [0.15, 0.2) is 6.10 Å². The van der Waals surface area contributed by atoms with Crippen molar-refractivity contribution < 1.29 is 28.6 Å². The Kier molecular flexibility index (Phi) is 51.5. The molecule has 380 valence electrons. The molecule has 67 heavy (non-hydrogen) atoms. The van der Waals surface area contributed by atoms with Crippen molar-refractivity contribution in [3.63, 3.8) is 0 Å². The molecule has 0 amide bonds. The Bertz CT molecular complexity index is 1390. The van der Waals surface area contributed by atoms with Gasteiger partial charge in [-0.2, -0.15) is 0 Å². The lowest BCUT2D eigenvalue weighted by Gasteiger charge is -2.18. The number of allylic oxidation sites excluding steroid dienone is 18. The number of unbranched alkanes of at least 4 members (excludes halogenated alkanes) is 19. The molecule has 0 heterocycles. The van der Waals surface area contributed by atoms with Gasteiger partial charge in [0.05, 0.1) is 0 Å². The van der Waals surface area contributed by atoms with Gasteiger partial charge in [-0.05, 0) is 109 Å². The number of hydrogen-bond donors (Lipinski definition) is 0. The van der Waals surface area contributed by atoms with E-state index in [0.717, 1.165) is 122 Å². The Hall–Kier alpha value is -3.93. The quantitative estimate of drug-likeness (QED) is 0.0262. The van der Waals surface area contributed by atoms with Crippen LogP contribution in [0.4, 0.5) is 0 Å². The first kappa shape index (κ1) is 63.1. The van der Waals surface area contributed by atoms with Gasteiger partial charge in [-0.3, -0.25) is 14.4 Å². The standard InChI is InChI=1S/C61H100O6/c1-4-7-10-13-16-19-21-23-25-27-29-30-32-33-35-37-39-42-45-48-51-54-60(63)66-57-58(56-65-59(62)53-50-47-44-41-18-15-12-9-6-3)67-61(64)55-52-49-46-43-40-38-36-34-31-28-26-24-22-20-17-14-11-8-5-2/h7,10,16-17,19-20,23-26,29-31,33-35,39,42,58H,4-6,8-9,11-15,18,21-22,27-28,32,36-38,40-41,43-57H2,1-3H3/b10-7-,19-16-,20-17-,25-23-,26-24-,30-29-,34-31-,35-33-,42-39-. The van der Waals surface area contributed by atoms with E-state index in [1.165, 1.54) is 77.0 Å². The largest absolute Gasteiger partial charge is 0.462 e. The summed E-state index contributed by atoms with van der Waals surface area (Å²) in [7, 11) is 0. The predicted octanol–water partition coefficient (Wildman–Crippen LogP) is 18.3. The Balaban J connectivity index is 4.43. The molecule has 0 aliphatic rings. The van der Waals surface area contributed by atoms with E-state index >= 15 is 0 Å². The normalized spacial score (nSPS) is 12.9. The summed E-state index contributed by atoms with van der Waals surface area (Å²) >= 11 is 0. The minimum atomic E-state index is -0.803. The summed E-state index contributed by atoms with van der Waals surface area (Å²) in [5.74, 6) is -0.961. The van der Waals surface area contributed by atoms with Crippen molar-refractivity contribution in [3.05, 3.63) is 109 Å². The molecular formula is C61H100O6. The van der Waals surface area contributed by atoms with Crippen LogP contribution in [0.3, 0.4) is 0 Å². The zero-order valence-corrected chi connectivity index (χ0v) is 43.4. The molecule has 0 aliphatic carbocycles. The highest BCUT2D eigenvalue weighted by Crippen LogP contribution is 2.13. The van der Waals surface area contributed by atoms with Gasteiger partial charge in [0.25, 0.3) is 0 Å². The molecule has 0 aromatic rings. The first-order chi connectivity index (χ1) is 33.0. The second-order valence-corrected chi connectivity index (χ2v) is 17.8. The van der Waals surface area contributed by atoms with Crippen molar-refractivity contribution in [2.45, 2.75) is 245 Å². The summed E-state index contributed by atoms with van der Waals surface area (Å²) in [5.41, 5.74) is 0. The van der Waals surface area contributed by atoms with Crippen LogP contribution in [0, 0.1) is 0 Å². The number of ether oxygens (including phenoxy) is 3. The second kappa shape index (κ2) is 54.7. The molecule has 0 bridgehead atoms. The summed E-state index contributed by atoms with van der Waals surface area (Å²) in [5, 5.41) is 0. The van der Waals surface area contributed by atoms with Gasteiger partial charge in [-0.1, -0.05) is 220 Å². The highest BCUT2D eigenvalue weighted by molar-refractivity contribution is 5.71. The topological polar surface area (TPSA) is 78.9 Å². The van der Waals surface area contributed by atoms with Crippen LogP contribution in [0.2, 0.25) is 0 Å². The first-order valence-electron chi connectivity index (χ1n) is 27.4. The molecular weight excluding hydrogens is 829 g/mol. The molecule has 0 saturated heterocycles. The van der Waals surface area contributed by atoms with Crippen LogP contribution in [0.25, 0.3) is 0 Å². The third kappa shape index (κ3) is 52.9. The van der Waals surface area contributed by atoms with Crippen LogP contribution >= 0.6 is 0 Å². The van der Waals surface area contributed by atoms with Crippen molar-refractivity contribution in [1.82, 2.24) is 0 Å². The van der Waals surface area contributed by atoms with Crippen LogP contribution in [0.1, 0.15) is 239 Å². The van der Waals surface area contributed by atoms with Crippen LogP contribution in [0.5, 0.6) is 0 Å². The lowest BCUT2D eigenvalue weighted by Crippen LogP contribution is -2.30. The maximum atomic E-state index is 12.8. The van der Waals surface area contributed by atoms with Crippen LogP contribution in [-0.4, -0.2) is 37.2 Å². The third-order valence-electron chi connectivity index (χ3n) is 11.3. The number of carbonyl (C=O) groups is 3. The molecule has 0 saturated carbocycles. The molecule has 0 N–H and O–H groups in total. The molecule has 0 aliphatic heterocycles. The number of rotatable bonds is 48. The summed E-state index contributed by atoms with van der Waals surface area (Å²) in [6.45, 7) is 6.42. The molecule has 0 aromatic carbocycles. The van der Waals surface area contributed by atoms with E-state index in [4.69, 9.17) is 14.2 Å². The fourth-order valence-corrected chi connectivity index (χ4v) is 7.16. The Morgan fingerprint density at radius 3 is 0.970 bits per heavy atom. The predicted molar refractivity (Wildman–Crippen MR) is 288 cm³/mol. The lowest BCUT2D eigenvalue weighted by molar-refractivity contribution is -0.167. The Labute approximate surface area is 412 Å². The summed E-state index contributed by atoms with van der Waals surface area (Å²) < 4.78 is 16.8. The number of esters is 3. The van der Waals surface area contributed by atoms with Crippen molar-refractivity contribution in [3.8, 4) is 0 Å². The summed E-state index contributed by atoms with van der Waals surface area (Å²) in [6, 6.07) is 0. The molecule has 0 rings (SSSR count). The maximum absolute atomic E-state index is 12.8. The zero-order valence-electron chi connectivity index (χ0n) is 43.4. The molecule has 0 fully saturated rings. The molecule has 6 heteroatoms. The molecule has 6 nitrogen and oxygen atoms in total. The van der Waals surface area contributed by atoms with E-state index in [2.05, 4.69) is 130 Å². The van der Waals surface area contributed by atoms with E-state index < -0.39 is 6.10 Å². The fourth-order valence-electron chi connectivity index (χ4n) is 7.16. The second-order valence-electron chi connectivity index (χ2n) is 17.8. The highest BCUT2D eigenvalue weighted by atomic mass is 16.6. The van der Waals surface area contributed by atoms with E-state index in [9.17, 15) is 14.4 Å². The number of carbonyl (C=O) groups excluding carboxylic acids is 3. The van der Waals surface area contributed by atoms with Crippen molar-refractivity contribution in [2.24, 2.45) is 0 Å². The average molecular weight is 929 g/mol. The van der Waals surface area contributed by atoms with Gasteiger partial charge in [0.2, 0.25) is 0 Å². The molecule has 0 aromatic heterocycles. The molecule has 1 unspecified atom stereocenters. The van der Waals surface area contributed by atoms with E-state index in [0.29, 0.717) is 19.3 Å². The van der Waals surface area contributed by atoms with Crippen LogP contribution in [-0.2, 0) is 28.6 Å². The summed E-state index contributed by atoms with van der Waals surface area (Å²) in [6.07, 6.45) is 73.6. The monoisotopic (exact) mass is 929 g/mol. The van der Waals surface area contributed by atoms with Crippen LogP contribution in [0.15, 0.2) is 109 Å². The van der Waals surface area contributed by atoms with Crippen LogP contribution < -0.4 is 0 Å². The average Bonchev–Trinajstić information content (AvgIpc) is 3.33. The SMILES string of the molecule is CC/C=C\C/C=C\C/C=C\C/C=C\C/C=C\C/C=C\CCCCC(=O)OCC(COC(=O)CCCCCCCCCCC)OC(=O)CCCCCCCC/C=C\C/C=C\C/C=C\CCCCC. The van der Waals surface area contributed by atoms with Gasteiger partial charge in [-0.25, -0.2) is 0 Å². The van der Waals surface area contributed by atoms with Gasteiger partial charge >= 0.3 is 17.9 Å². The maximum Gasteiger partial charge on any atom is 0.306 e. The molecule has 0 spiro atoms. The van der Waals surface area contributed by atoms with E-state index in [1.807, 2.05) is 0 Å². The molecule has 0 radical (unpaired) electrons. The van der Waals surface area contributed by atoms with E-state index in [1.54, 1.807) is 0 Å². The van der Waals surface area contributed by atoms with E-state index in [-0.39, 0.29) is 31.1 Å². The fraction of sp³-hybridized carbons (Fsp3) is 0.656. The Morgan fingerprint density at radius 2 is 0.582 bits per heavy atom. The zero-order chi connectivity index (χ0) is 48.6. The minimum absolute atomic E-state index is 0.0980. The van der Waals surface area contributed by atoms with Crippen molar-refractivity contribution in [2.75, 3.05) is 13.2 Å². The van der Waals surface area contributed by atoms with Gasteiger partial charge in [0.1, 0.15) is 13.2 Å². The minimum Gasteiger partial charge on any atom is -0.462 e. The summed E-state index contributed by atoms with van der Waals surface area (Å²) in [4.78, 5) is 38.0. The van der Waals surface area contributed by atoms with Gasteiger partial charge in [0, 0.05) is 19.3 Å². The van der Waals surface area contributed by atoms with Gasteiger partial charge in [-0.15, -0.1) is 0 Å². The highest BCUT2D eigenvalue weighted by Gasteiger charge is 2.19. The number of hydrogen-bond acceptors (Lipinski definition) is 6. The van der Waals surface area contributed by atoms with Crippen molar-refractivity contribution in [1.29, 1.82) is 0 Å². The third-order valence-corrected chi connectivity index (χ3v) is 11.3. The van der Waals surface area contributed by atoms with Gasteiger partial charge < -0.3 is 14.2 Å². The Morgan fingerprint density at radius 1 is 0.313 bits per heavy atom. The van der Waals surface area contributed by atoms with Crippen molar-refractivity contribution >= 4 is 17.9 Å². The smallest absolute Gasteiger partial charge is 0.306 e. The first-order valence-corrected chi connectivity index (χ1v) is 27.4. The molecule has 1 atom stereocenters.